The molecular formula is C20H24N6O3S. The van der Waals surface area contributed by atoms with Crippen LogP contribution in [0.2, 0.25) is 0 Å². The standard InChI is InChI=1S/C20H24N6O3S/c21-30(28,29)13-3-4-14-15-11-23-18(25-19(15)24-17(14)10-13)12-5-8-26(9-6-12)20(27)16-2-1-7-22-16/h3-4,10-12,16,22H,1-2,5-9H2,(H2,21,28,29)(H,23,24,25)/t16-/m0/s1. The number of rotatable bonds is 3. The third-order valence-electron chi connectivity index (χ3n) is 6.20. The number of nitrogens with one attached hydrogen (secondary N) is 2. The van der Waals surface area contributed by atoms with Crippen molar-refractivity contribution in [1.82, 2.24) is 25.2 Å². The number of carbonyl (C=O) groups excluding carboxylic acids is 1. The van der Waals surface area contributed by atoms with Gasteiger partial charge in [0.05, 0.1) is 10.9 Å². The molecule has 2 saturated heterocycles. The summed E-state index contributed by atoms with van der Waals surface area (Å²) in [6.07, 6.45) is 5.43. The fourth-order valence-corrected chi connectivity index (χ4v) is 5.06. The van der Waals surface area contributed by atoms with Crippen molar-refractivity contribution in [3.8, 4) is 0 Å². The smallest absolute Gasteiger partial charge is 0.239 e. The highest BCUT2D eigenvalue weighted by Crippen LogP contribution is 2.30. The molecule has 1 atom stereocenters. The molecule has 4 heterocycles. The molecule has 2 aromatic heterocycles. The molecule has 0 unspecified atom stereocenters. The lowest BCUT2D eigenvalue weighted by Gasteiger charge is -2.33. The van der Waals surface area contributed by atoms with Crippen molar-refractivity contribution in [2.75, 3.05) is 19.6 Å². The molecule has 0 saturated carbocycles. The molecular weight excluding hydrogens is 404 g/mol. The van der Waals surface area contributed by atoms with E-state index in [9.17, 15) is 13.2 Å². The predicted molar refractivity (Wildman–Crippen MR) is 112 cm³/mol. The van der Waals surface area contributed by atoms with Gasteiger partial charge >= 0.3 is 0 Å². The monoisotopic (exact) mass is 428 g/mol. The van der Waals surface area contributed by atoms with Crippen LogP contribution in [0.25, 0.3) is 21.9 Å². The molecule has 30 heavy (non-hydrogen) atoms. The van der Waals surface area contributed by atoms with E-state index in [1.165, 1.54) is 12.1 Å². The summed E-state index contributed by atoms with van der Waals surface area (Å²) in [5.41, 5.74) is 1.34. The SMILES string of the molecule is NS(=O)(=O)c1ccc2c(c1)[nH]c1nc(C3CCN(C(=O)[C@@H]4CCCN4)CC3)ncc12. The Kier molecular flexibility index (Phi) is 4.72. The molecule has 0 spiro atoms. The van der Waals surface area contributed by atoms with Crippen LogP contribution in [-0.4, -0.2) is 59.9 Å². The lowest BCUT2D eigenvalue weighted by molar-refractivity contribution is -0.134. The average molecular weight is 429 g/mol. The van der Waals surface area contributed by atoms with Crippen molar-refractivity contribution < 1.29 is 13.2 Å². The summed E-state index contributed by atoms with van der Waals surface area (Å²) in [5, 5.41) is 10.2. The summed E-state index contributed by atoms with van der Waals surface area (Å²) < 4.78 is 23.2. The summed E-state index contributed by atoms with van der Waals surface area (Å²) in [6.45, 7) is 2.35. The van der Waals surface area contributed by atoms with Gasteiger partial charge in [0.15, 0.2) is 0 Å². The number of hydrogen-bond donors (Lipinski definition) is 3. The van der Waals surface area contributed by atoms with Gasteiger partial charge in [0.2, 0.25) is 15.9 Å². The Labute approximate surface area is 174 Å². The first-order chi connectivity index (χ1) is 14.4. The van der Waals surface area contributed by atoms with Crippen LogP contribution in [0.1, 0.15) is 37.4 Å². The first-order valence-corrected chi connectivity index (χ1v) is 11.8. The van der Waals surface area contributed by atoms with Gasteiger partial charge < -0.3 is 15.2 Å². The third kappa shape index (κ3) is 3.44. The van der Waals surface area contributed by atoms with E-state index < -0.39 is 10.0 Å². The molecule has 3 aromatic rings. The third-order valence-corrected chi connectivity index (χ3v) is 7.11. The quantitative estimate of drug-likeness (QED) is 0.574. The lowest BCUT2D eigenvalue weighted by Crippen LogP contribution is -2.46. The molecule has 0 aliphatic carbocycles. The Morgan fingerprint density at radius 1 is 1.17 bits per heavy atom. The van der Waals surface area contributed by atoms with Gasteiger partial charge in [-0.05, 0) is 44.4 Å². The zero-order chi connectivity index (χ0) is 20.9. The van der Waals surface area contributed by atoms with E-state index in [-0.39, 0.29) is 22.8 Å². The van der Waals surface area contributed by atoms with Crippen LogP contribution in [0.4, 0.5) is 0 Å². The summed E-state index contributed by atoms with van der Waals surface area (Å²) in [4.78, 5) is 27.1. The Morgan fingerprint density at radius 3 is 2.67 bits per heavy atom. The van der Waals surface area contributed by atoms with Gasteiger partial charge in [-0.15, -0.1) is 0 Å². The Morgan fingerprint density at radius 2 is 1.97 bits per heavy atom. The maximum Gasteiger partial charge on any atom is 0.239 e. The molecule has 2 aliphatic heterocycles. The number of likely N-dealkylation sites (tertiary alicyclic amines) is 1. The number of primary sulfonamides is 1. The van der Waals surface area contributed by atoms with E-state index in [1.807, 2.05) is 4.90 Å². The van der Waals surface area contributed by atoms with Gasteiger partial charge in [-0.2, -0.15) is 0 Å². The molecule has 0 bridgehead atoms. The molecule has 5 rings (SSSR count). The maximum absolute atomic E-state index is 12.6. The van der Waals surface area contributed by atoms with Gasteiger partial charge in [-0.3, -0.25) is 4.79 Å². The maximum atomic E-state index is 12.6. The topological polar surface area (TPSA) is 134 Å². The van der Waals surface area contributed by atoms with Crippen LogP contribution >= 0.6 is 0 Å². The molecule has 2 aliphatic rings. The summed E-state index contributed by atoms with van der Waals surface area (Å²) in [6, 6.07) is 4.71. The minimum absolute atomic E-state index is 0.0253. The van der Waals surface area contributed by atoms with Gasteiger partial charge in [0, 0.05) is 41.5 Å². The van der Waals surface area contributed by atoms with Crippen LogP contribution in [0.15, 0.2) is 29.3 Å². The molecule has 158 valence electrons. The number of fused-ring (bicyclic) bond motifs is 3. The Balaban J connectivity index is 1.36. The molecule has 1 amide bonds. The van der Waals surface area contributed by atoms with Crippen molar-refractivity contribution in [2.45, 2.75) is 42.5 Å². The first-order valence-electron chi connectivity index (χ1n) is 10.2. The van der Waals surface area contributed by atoms with Gasteiger partial charge in [0.1, 0.15) is 11.5 Å². The second-order valence-electron chi connectivity index (χ2n) is 8.12. The van der Waals surface area contributed by atoms with Crippen LogP contribution in [0.3, 0.4) is 0 Å². The number of nitrogens with two attached hydrogens (primary N) is 1. The number of carbonyl (C=O) groups is 1. The molecule has 2 fully saturated rings. The fraction of sp³-hybridized carbons (Fsp3) is 0.450. The van der Waals surface area contributed by atoms with Crippen molar-refractivity contribution in [3.63, 3.8) is 0 Å². The Hall–Kier alpha value is -2.56. The van der Waals surface area contributed by atoms with Crippen molar-refractivity contribution >= 4 is 37.9 Å². The lowest BCUT2D eigenvalue weighted by atomic mass is 9.95. The number of aromatic amines is 1. The zero-order valence-corrected chi connectivity index (χ0v) is 17.3. The molecule has 1 aromatic carbocycles. The van der Waals surface area contributed by atoms with Crippen molar-refractivity contribution in [1.29, 1.82) is 0 Å². The summed E-state index contributed by atoms with van der Waals surface area (Å²) >= 11 is 0. The zero-order valence-electron chi connectivity index (χ0n) is 16.5. The molecule has 9 nitrogen and oxygen atoms in total. The van der Waals surface area contributed by atoms with E-state index in [0.29, 0.717) is 24.3 Å². The number of piperidine rings is 1. The number of H-pyrrole nitrogens is 1. The number of aromatic nitrogens is 3. The Bertz CT molecular complexity index is 1220. The van der Waals surface area contributed by atoms with E-state index in [4.69, 9.17) is 10.1 Å². The van der Waals surface area contributed by atoms with Crippen LogP contribution in [0, 0.1) is 0 Å². The van der Waals surface area contributed by atoms with Crippen molar-refractivity contribution in [3.05, 3.63) is 30.2 Å². The molecule has 0 radical (unpaired) electrons. The number of hydrogen-bond acceptors (Lipinski definition) is 6. The van der Waals surface area contributed by atoms with Crippen molar-refractivity contribution in [2.24, 2.45) is 5.14 Å². The molecule has 10 heteroatoms. The highest BCUT2D eigenvalue weighted by molar-refractivity contribution is 7.89. The normalized spacial score (nSPS) is 21.0. The number of amides is 1. The molecule has 4 N–H and O–H groups in total. The fourth-order valence-electron chi connectivity index (χ4n) is 4.52. The minimum atomic E-state index is -3.77. The second-order valence-corrected chi connectivity index (χ2v) is 9.68. The average Bonchev–Trinajstić information content (AvgIpc) is 3.39. The summed E-state index contributed by atoms with van der Waals surface area (Å²) in [5.74, 6) is 1.16. The van der Waals surface area contributed by atoms with E-state index in [2.05, 4.69) is 15.3 Å². The highest BCUT2D eigenvalue weighted by atomic mass is 32.2. The van der Waals surface area contributed by atoms with E-state index in [0.717, 1.165) is 48.8 Å². The summed E-state index contributed by atoms with van der Waals surface area (Å²) in [7, 11) is -3.77. The predicted octanol–water partition coefficient (Wildman–Crippen LogP) is 1.22. The largest absolute Gasteiger partial charge is 0.341 e. The van der Waals surface area contributed by atoms with Crippen LogP contribution < -0.4 is 10.5 Å². The minimum Gasteiger partial charge on any atom is -0.341 e. The van der Waals surface area contributed by atoms with Gasteiger partial charge in [-0.25, -0.2) is 23.5 Å². The highest BCUT2D eigenvalue weighted by Gasteiger charge is 2.31. The second kappa shape index (κ2) is 7.29. The number of nitrogens with zero attached hydrogens (tertiary/aromatic N) is 3. The van der Waals surface area contributed by atoms with Gasteiger partial charge in [0.25, 0.3) is 0 Å². The van der Waals surface area contributed by atoms with Crippen LogP contribution in [0.5, 0.6) is 0 Å². The van der Waals surface area contributed by atoms with Gasteiger partial charge in [-0.1, -0.05) is 6.07 Å². The van der Waals surface area contributed by atoms with E-state index >= 15 is 0 Å². The first kappa shape index (κ1) is 19.4. The van der Waals surface area contributed by atoms with E-state index in [1.54, 1.807) is 12.3 Å². The van der Waals surface area contributed by atoms with Crippen LogP contribution in [-0.2, 0) is 14.8 Å². The number of benzene rings is 1. The number of sulfonamides is 1.